The highest BCUT2D eigenvalue weighted by molar-refractivity contribution is 7.81. The molecule has 0 heterocycles. The molecule has 0 aliphatic heterocycles. The topological polar surface area (TPSA) is 0 Å². The van der Waals surface area contributed by atoms with E-state index in [9.17, 15) is 17.6 Å². The number of halogens is 4. The van der Waals surface area contributed by atoms with Crippen LogP contribution in [0.3, 0.4) is 0 Å². The van der Waals surface area contributed by atoms with Gasteiger partial charge in [0.05, 0.1) is 0 Å². The number of hydrogen-bond acceptors (Lipinski definition) is 1. The summed E-state index contributed by atoms with van der Waals surface area (Å²) < 4.78 is 53.5. The highest BCUT2D eigenvalue weighted by Gasteiger charge is 2.17. The van der Waals surface area contributed by atoms with Gasteiger partial charge in [-0.05, 0) is 36.1 Å². The maximum atomic E-state index is 13.7. The summed E-state index contributed by atoms with van der Waals surface area (Å²) in [7, 11) is 0. The molecule has 0 aliphatic carbocycles. The van der Waals surface area contributed by atoms with Gasteiger partial charge in [-0.1, -0.05) is 62.7 Å². The Morgan fingerprint density at radius 2 is 1.62 bits per heavy atom. The number of unbranched alkanes of at least 4 members (excludes halogenated alkanes) is 3. The Morgan fingerprint density at radius 1 is 0.923 bits per heavy atom. The molecule has 0 atom stereocenters. The fourth-order valence-electron chi connectivity index (χ4n) is 2.58. The van der Waals surface area contributed by atoms with Gasteiger partial charge in [0, 0.05) is 16.5 Å². The van der Waals surface area contributed by atoms with Gasteiger partial charge in [-0.2, -0.15) is 0 Å². The van der Waals surface area contributed by atoms with Crippen LogP contribution in [-0.4, -0.2) is 4.86 Å². The Labute approximate surface area is 156 Å². The van der Waals surface area contributed by atoms with E-state index in [2.05, 4.69) is 6.92 Å². The van der Waals surface area contributed by atoms with Crippen LogP contribution in [0.2, 0.25) is 0 Å². The summed E-state index contributed by atoms with van der Waals surface area (Å²) in [4.78, 5) is 0.353. The van der Waals surface area contributed by atoms with E-state index < -0.39 is 28.8 Å². The van der Waals surface area contributed by atoms with E-state index >= 15 is 0 Å². The van der Waals surface area contributed by atoms with Gasteiger partial charge in [0.2, 0.25) is 0 Å². The summed E-state index contributed by atoms with van der Waals surface area (Å²) in [6.07, 6.45) is 8.08. The number of rotatable bonds is 8. The van der Waals surface area contributed by atoms with Crippen LogP contribution < -0.4 is 0 Å². The minimum atomic E-state index is -1.70. The van der Waals surface area contributed by atoms with Crippen molar-refractivity contribution in [3.63, 3.8) is 0 Å². The van der Waals surface area contributed by atoms with E-state index in [-0.39, 0.29) is 0 Å². The lowest BCUT2D eigenvalue weighted by atomic mass is 10.0. The van der Waals surface area contributed by atoms with Crippen molar-refractivity contribution >= 4 is 23.2 Å². The highest BCUT2D eigenvalue weighted by atomic mass is 32.1. The zero-order valence-corrected chi connectivity index (χ0v) is 15.3. The van der Waals surface area contributed by atoms with Crippen LogP contribution in [0.25, 0.3) is 6.08 Å². The molecule has 2 rings (SSSR count). The van der Waals surface area contributed by atoms with Gasteiger partial charge in [-0.25, -0.2) is 17.6 Å². The number of benzene rings is 2. The standard InChI is InChI=1S/C21H20F4S/c1-2-3-4-5-6-14-7-9-15(10-8-14)19(26)12-11-16-17(22)13-18(23)21(25)20(16)24/h7-13H,2-6H2,1H3. The average Bonchev–Trinajstić information content (AvgIpc) is 2.63. The second-order valence-electron chi connectivity index (χ2n) is 6.09. The largest absolute Gasteiger partial charge is 0.206 e. The van der Waals surface area contributed by atoms with Crippen molar-refractivity contribution in [3.05, 3.63) is 76.4 Å². The van der Waals surface area contributed by atoms with Crippen molar-refractivity contribution in [1.29, 1.82) is 0 Å². The molecule has 0 fully saturated rings. The van der Waals surface area contributed by atoms with Crippen LogP contribution in [0, 0.1) is 23.3 Å². The van der Waals surface area contributed by atoms with Gasteiger partial charge in [-0.3, -0.25) is 0 Å². The molecular weight excluding hydrogens is 360 g/mol. The Bertz CT molecular complexity index is 795. The molecular formula is C21H20F4S. The van der Waals surface area contributed by atoms with Crippen molar-refractivity contribution in [3.8, 4) is 0 Å². The first-order chi connectivity index (χ1) is 12.4. The first-order valence-corrected chi connectivity index (χ1v) is 8.99. The molecule has 0 N–H and O–H groups in total. The molecule has 0 unspecified atom stereocenters. The van der Waals surface area contributed by atoms with Gasteiger partial charge < -0.3 is 0 Å². The number of thiocarbonyl (C=S) groups is 1. The van der Waals surface area contributed by atoms with Gasteiger partial charge in [-0.15, -0.1) is 0 Å². The smallest absolute Gasteiger partial charge is 0.195 e. The van der Waals surface area contributed by atoms with Crippen LogP contribution in [0.1, 0.15) is 49.3 Å². The predicted octanol–water partition coefficient (Wildman–Crippen LogP) is 6.80. The minimum absolute atomic E-state index is 0.314. The second kappa shape index (κ2) is 9.62. The normalized spacial score (nSPS) is 11.3. The zero-order valence-electron chi connectivity index (χ0n) is 14.5. The summed E-state index contributed by atoms with van der Waals surface area (Å²) >= 11 is 5.23. The van der Waals surface area contributed by atoms with Crippen molar-refractivity contribution in [2.45, 2.75) is 39.0 Å². The molecule has 0 spiro atoms. The average molecular weight is 380 g/mol. The molecule has 0 saturated heterocycles. The number of aryl methyl sites for hydroxylation is 1. The molecule has 5 heteroatoms. The van der Waals surface area contributed by atoms with Crippen LogP contribution in [0.5, 0.6) is 0 Å². The third-order valence-electron chi connectivity index (χ3n) is 4.11. The van der Waals surface area contributed by atoms with Crippen molar-refractivity contribution in [2.75, 3.05) is 0 Å². The quantitative estimate of drug-likeness (QED) is 0.0923. The Hall–Kier alpha value is -2.01. The third-order valence-corrected chi connectivity index (χ3v) is 4.48. The van der Waals surface area contributed by atoms with Crippen LogP contribution >= 0.6 is 12.2 Å². The van der Waals surface area contributed by atoms with E-state index in [1.165, 1.54) is 30.9 Å². The molecule has 0 saturated carbocycles. The summed E-state index contributed by atoms with van der Waals surface area (Å²) in [6.45, 7) is 2.17. The lowest BCUT2D eigenvalue weighted by Crippen LogP contribution is -1.99. The van der Waals surface area contributed by atoms with Crippen molar-refractivity contribution < 1.29 is 17.6 Å². The highest BCUT2D eigenvalue weighted by Crippen LogP contribution is 2.21. The first kappa shape index (κ1) is 20.3. The molecule has 2 aromatic rings. The van der Waals surface area contributed by atoms with E-state index in [4.69, 9.17) is 12.2 Å². The van der Waals surface area contributed by atoms with E-state index in [0.717, 1.165) is 24.5 Å². The molecule has 0 bridgehead atoms. The fourth-order valence-corrected chi connectivity index (χ4v) is 2.78. The third kappa shape index (κ3) is 5.24. The summed E-state index contributed by atoms with van der Waals surface area (Å²) in [6, 6.07) is 7.95. The summed E-state index contributed by atoms with van der Waals surface area (Å²) in [5.41, 5.74) is 1.27. The lowest BCUT2D eigenvalue weighted by Gasteiger charge is -2.05. The maximum absolute atomic E-state index is 13.7. The van der Waals surface area contributed by atoms with Crippen molar-refractivity contribution in [1.82, 2.24) is 0 Å². The molecule has 0 amide bonds. The molecule has 0 nitrogen and oxygen atoms in total. The summed E-state index contributed by atoms with van der Waals surface area (Å²) in [5, 5.41) is 0. The molecule has 2 aromatic carbocycles. The lowest BCUT2D eigenvalue weighted by molar-refractivity contribution is 0.432. The summed E-state index contributed by atoms with van der Waals surface area (Å²) in [5.74, 6) is -6.01. The molecule has 0 aliphatic rings. The van der Waals surface area contributed by atoms with Gasteiger partial charge in [0.15, 0.2) is 17.5 Å². The maximum Gasteiger partial charge on any atom is 0.195 e. The fraction of sp³-hybridized carbons (Fsp3) is 0.286. The number of allylic oxidation sites excluding steroid dienone is 1. The van der Waals surface area contributed by atoms with Crippen LogP contribution in [0.15, 0.2) is 36.4 Å². The Morgan fingerprint density at radius 3 is 2.27 bits per heavy atom. The number of hydrogen-bond donors (Lipinski definition) is 0. The molecule has 0 aromatic heterocycles. The predicted molar refractivity (Wildman–Crippen MR) is 101 cm³/mol. The molecule has 0 radical (unpaired) electrons. The monoisotopic (exact) mass is 380 g/mol. The molecule has 26 heavy (non-hydrogen) atoms. The minimum Gasteiger partial charge on any atom is -0.206 e. The van der Waals surface area contributed by atoms with Crippen LogP contribution in [0.4, 0.5) is 17.6 Å². The second-order valence-corrected chi connectivity index (χ2v) is 6.53. The first-order valence-electron chi connectivity index (χ1n) is 8.58. The van der Waals surface area contributed by atoms with Gasteiger partial charge in [0.1, 0.15) is 5.82 Å². The van der Waals surface area contributed by atoms with E-state index in [1.54, 1.807) is 0 Å². The Kier molecular flexibility index (Phi) is 7.51. The Balaban J connectivity index is 2.06. The van der Waals surface area contributed by atoms with Crippen LogP contribution in [-0.2, 0) is 6.42 Å². The van der Waals surface area contributed by atoms with Crippen molar-refractivity contribution in [2.24, 2.45) is 0 Å². The molecule has 138 valence electrons. The van der Waals surface area contributed by atoms with E-state index in [1.807, 2.05) is 24.3 Å². The van der Waals surface area contributed by atoms with E-state index in [0.29, 0.717) is 10.9 Å². The zero-order chi connectivity index (χ0) is 19.1. The SMILES string of the molecule is CCCCCCc1ccc(C(=S)C=Cc2c(F)cc(F)c(F)c2F)cc1. The van der Waals surface area contributed by atoms with Gasteiger partial charge >= 0.3 is 0 Å². The van der Waals surface area contributed by atoms with Gasteiger partial charge in [0.25, 0.3) is 0 Å².